The topological polar surface area (TPSA) is 50.4 Å². The standard InChI is InChI=1S/C10H14N2O2/c1-8-3-4-10(5-9(8)2)6-11-12-14-7-13/h3-5,7,11-12H,6H2,1-2H3. The number of carbonyl (C=O) groups is 1. The van der Waals surface area contributed by atoms with Gasteiger partial charge in [0, 0.05) is 6.54 Å². The Bertz CT molecular complexity index is 313. The van der Waals surface area contributed by atoms with E-state index < -0.39 is 0 Å². The number of benzene rings is 1. The average Bonchev–Trinajstić information content (AvgIpc) is 2.18. The van der Waals surface area contributed by atoms with Crippen LogP contribution in [0.25, 0.3) is 0 Å². The summed E-state index contributed by atoms with van der Waals surface area (Å²) in [5.74, 6) is 0. The van der Waals surface area contributed by atoms with Gasteiger partial charge < -0.3 is 4.84 Å². The van der Waals surface area contributed by atoms with Crippen molar-refractivity contribution in [2.75, 3.05) is 0 Å². The number of nitrogens with one attached hydrogen (secondary N) is 2. The van der Waals surface area contributed by atoms with E-state index in [0.29, 0.717) is 13.0 Å². The molecular weight excluding hydrogens is 180 g/mol. The van der Waals surface area contributed by atoms with E-state index in [-0.39, 0.29) is 0 Å². The summed E-state index contributed by atoms with van der Waals surface area (Å²) < 4.78 is 0. The van der Waals surface area contributed by atoms with Crippen LogP contribution in [0, 0.1) is 13.8 Å². The van der Waals surface area contributed by atoms with Crippen molar-refractivity contribution in [2.24, 2.45) is 0 Å². The highest BCUT2D eigenvalue weighted by atomic mass is 16.7. The first kappa shape index (κ1) is 10.7. The van der Waals surface area contributed by atoms with Gasteiger partial charge in [0.2, 0.25) is 0 Å². The molecule has 0 spiro atoms. The first-order valence-electron chi connectivity index (χ1n) is 4.37. The first-order chi connectivity index (χ1) is 6.74. The van der Waals surface area contributed by atoms with Crippen LogP contribution >= 0.6 is 0 Å². The lowest BCUT2D eigenvalue weighted by Crippen LogP contribution is -2.30. The molecule has 0 amide bonds. The zero-order valence-electron chi connectivity index (χ0n) is 8.33. The smallest absolute Gasteiger partial charge is 0.314 e. The number of rotatable bonds is 5. The van der Waals surface area contributed by atoms with Gasteiger partial charge in [-0.15, -0.1) is 0 Å². The van der Waals surface area contributed by atoms with E-state index in [2.05, 4.69) is 41.8 Å². The van der Waals surface area contributed by atoms with E-state index in [1.54, 1.807) is 0 Å². The summed E-state index contributed by atoms with van der Waals surface area (Å²) in [6, 6.07) is 6.18. The van der Waals surface area contributed by atoms with E-state index in [4.69, 9.17) is 0 Å². The summed E-state index contributed by atoms with van der Waals surface area (Å²) in [7, 11) is 0. The maximum atomic E-state index is 9.79. The Morgan fingerprint density at radius 2 is 2.14 bits per heavy atom. The molecule has 0 radical (unpaired) electrons. The largest absolute Gasteiger partial charge is 0.359 e. The zero-order valence-corrected chi connectivity index (χ0v) is 8.33. The van der Waals surface area contributed by atoms with E-state index in [9.17, 15) is 4.79 Å². The Hall–Kier alpha value is -1.39. The molecule has 76 valence electrons. The quantitative estimate of drug-likeness (QED) is 0.417. The predicted molar refractivity (Wildman–Crippen MR) is 53.0 cm³/mol. The third kappa shape index (κ3) is 3.16. The maximum absolute atomic E-state index is 9.79. The molecule has 0 aliphatic heterocycles. The molecule has 0 bridgehead atoms. The minimum Gasteiger partial charge on any atom is -0.359 e. The fraction of sp³-hybridized carbons (Fsp3) is 0.300. The lowest BCUT2D eigenvalue weighted by Gasteiger charge is -2.06. The number of aryl methyl sites for hydroxylation is 2. The number of hydrazine groups is 1. The molecule has 4 heteroatoms. The van der Waals surface area contributed by atoms with Gasteiger partial charge in [-0.3, -0.25) is 4.79 Å². The molecule has 0 unspecified atom stereocenters. The van der Waals surface area contributed by atoms with E-state index >= 15 is 0 Å². The van der Waals surface area contributed by atoms with Gasteiger partial charge in [0.15, 0.2) is 0 Å². The molecule has 0 saturated carbocycles. The highest BCUT2D eigenvalue weighted by Crippen LogP contribution is 2.08. The Balaban J connectivity index is 2.43. The van der Waals surface area contributed by atoms with Crippen LogP contribution < -0.4 is 11.0 Å². The molecule has 0 saturated heterocycles. The number of carbonyl (C=O) groups excluding carboxylic acids is 1. The SMILES string of the molecule is Cc1ccc(CNNOC=O)cc1C. The van der Waals surface area contributed by atoms with Crippen LogP contribution in [0.3, 0.4) is 0 Å². The summed E-state index contributed by atoms with van der Waals surface area (Å²) in [5.41, 5.74) is 8.70. The molecule has 14 heavy (non-hydrogen) atoms. The zero-order chi connectivity index (χ0) is 10.4. The third-order valence-corrected chi connectivity index (χ3v) is 2.04. The van der Waals surface area contributed by atoms with Crippen LogP contribution in [0.4, 0.5) is 0 Å². The van der Waals surface area contributed by atoms with Crippen molar-refractivity contribution in [3.05, 3.63) is 34.9 Å². The number of hydrogen-bond donors (Lipinski definition) is 2. The minimum absolute atomic E-state index is 0.327. The van der Waals surface area contributed by atoms with Gasteiger partial charge in [-0.1, -0.05) is 23.8 Å². The molecule has 1 aromatic carbocycles. The van der Waals surface area contributed by atoms with Crippen molar-refractivity contribution in [1.82, 2.24) is 11.0 Å². The molecule has 2 N–H and O–H groups in total. The van der Waals surface area contributed by atoms with E-state index in [1.807, 2.05) is 6.07 Å². The molecule has 0 heterocycles. The Labute approximate surface area is 83.2 Å². The Morgan fingerprint density at radius 1 is 1.36 bits per heavy atom. The number of hydrogen-bond acceptors (Lipinski definition) is 4. The molecule has 0 aliphatic carbocycles. The van der Waals surface area contributed by atoms with Gasteiger partial charge >= 0.3 is 6.47 Å². The molecule has 1 rings (SSSR count). The van der Waals surface area contributed by atoms with Crippen LogP contribution in [-0.4, -0.2) is 6.47 Å². The summed E-state index contributed by atoms with van der Waals surface area (Å²) in [5, 5.41) is 0. The van der Waals surface area contributed by atoms with Crippen LogP contribution in [0.15, 0.2) is 18.2 Å². The lowest BCUT2D eigenvalue weighted by atomic mass is 10.1. The minimum atomic E-state index is 0.327. The molecule has 1 aromatic rings. The summed E-state index contributed by atoms with van der Waals surface area (Å²) in [6.07, 6.45) is 0. The molecule has 0 aromatic heterocycles. The lowest BCUT2D eigenvalue weighted by molar-refractivity contribution is -0.137. The first-order valence-corrected chi connectivity index (χ1v) is 4.37. The van der Waals surface area contributed by atoms with Crippen LogP contribution in [0.2, 0.25) is 0 Å². The Morgan fingerprint density at radius 3 is 2.79 bits per heavy atom. The van der Waals surface area contributed by atoms with Crippen molar-refractivity contribution in [3.8, 4) is 0 Å². The van der Waals surface area contributed by atoms with Crippen molar-refractivity contribution in [2.45, 2.75) is 20.4 Å². The average molecular weight is 194 g/mol. The van der Waals surface area contributed by atoms with Crippen LogP contribution in [0.1, 0.15) is 16.7 Å². The van der Waals surface area contributed by atoms with Gasteiger partial charge in [0.25, 0.3) is 0 Å². The van der Waals surface area contributed by atoms with Gasteiger partial charge in [-0.2, -0.15) is 0 Å². The van der Waals surface area contributed by atoms with E-state index in [0.717, 1.165) is 5.56 Å². The van der Waals surface area contributed by atoms with Crippen molar-refractivity contribution in [1.29, 1.82) is 0 Å². The second-order valence-corrected chi connectivity index (χ2v) is 3.09. The molecular formula is C10H14N2O2. The Kier molecular flexibility index (Phi) is 4.10. The van der Waals surface area contributed by atoms with Crippen molar-refractivity contribution in [3.63, 3.8) is 0 Å². The third-order valence-electron chi connectivity index (χ3n) is 2.04. The van der Waals surface area contributed by atoms with Crippen molar-refractivity contribution >= 4 is 6.47 Å². The second-order valence-electron chi connectivity index (χ2n) is 3.09. The second kappa shape index (κ2) is 5.36. The summed E-state index contributed by atoms with van der Waals surface area (Å²) >= 11 is 0. The van der Waals surface area contributed by atoms with Gasteiger partial charge in [0.1, 0.15) is 0 Å². The molecule has 0 aliphatic rings. The van der Waals surface area contributed by atoms with Gasteiger partial charge in [0.05, 0.1) is 0 Å². The fourth-order valence-corrected chi connectivity index (χ4v) is 1.12. The normalized spacial score (nSPS) is 9.86. The highest BCUT2D eigenvalue weighted by molar-refractivity contribution is 5.36. The highest BCUT2D eigenvalue weighted by Gasteiger charge is 1.95. The molecule has 0 atom stereocenters. The molecule has 0 fully saturated rings. The van der Waals surface area contributed by atoms with Gasteiger partial charge in [-0.25, -0.2) is 5.43 Å². The summed E-state index contributed by atoms with van der Waals surface area (Å²) in [4.78, 5) is 14.1. The maximum Gasteiger partial charge on any atom is 0.314 e. The van der Waals surface area contributed by atoms with Crippen molar-refractivity contribution < 1.29 is 9.63 Å². The molecule has 4 nitrogen and oxygen atoms in total. The fourth-order valence-electron chi connectivity index (χ4n) is 1.12. The predicted octanol–water partition coefficient (Wildman–Crippen LogP) is 0.986. The summed E-state index contributed by atoms with van der Waals surface area (Å²) in [6.45, 7) is 5.07. The monoisotopic (exact) mass is 194 g/mol. The van der Waals surface area contributed by atoms with Crippen LogP contribution in [0.5, 0.6) is 0 Å². The van der Waals surface area contributed by atoms with Gasteiger partial charge in [-0.05, 0) is 30.5 Å². The van der Waals surface area contributed by atoms with Crippen LogP contribution in [-0.2, 0) is 16.2 Å². The van der Waals surface area contributed by atoms with E-state index in [1.165, 1.54) is 11.1 Å².